The normalized spacial score (nSPS) is 11.5. The number of ether oxygens (including phenoxy) is 1. The van der Waals surface area contributed by atoms with Crippen LogP contribution < -0.4 is 4.74 Å². The molecular weight excluding hydrogens is 346 g/mol. The zero-order chi connectivity index (χ0) is 18.6. The maximum atomic E-state index is 12.3. The Bertz CT molecular complexity index is 983. The molecule has 3 rings (SSSR count). The Balaban J connectivity index is 1.83. The van der Waals surface area contributed by atoms with Crippen LogP contribution in [0.1, 0.15) is 5.56 Å². The molecule has 0 atom stereocenters. The molecule has 0 aliphatic carbocycles. The second kappa shape index (κ2) is 7.72. The third-order valence-corrected chi connectivity index (χ3v) is 5.85. The van der Waals surface area contributed by atoms with Crippen molar-refractivity contribution in [3.8, 4) is 16.9 Å². The predicted molar refractivity (Wildman–Crippen MR) is 104 cm³/mol. The summed E-state index contributed by atoms with van der Waals surface area (Å²) in [6, 6.07) is 24.7. The topological polar surface area (TPSA) is 46.6 Å². The summed E-state index contributed by atoms with van der Waals surface area (Å²) in [4.78, 5) is 0.264. The van der Waals surface area contributed by atoms with Crippen molar-refractivity contribution < 1.29 is 13.2 Å². The third kappa shape index (κ3) is 3.95. The summed E-state index contributed by atoms with van der Waals surface area (Å²) in [5.41, 5.74) is 2.88. The minimum Gasteiger partial charge on any atom is -0.488 e. The monoisotopic (exact) mass is 367 g/mol. The Kier molecular flexibility index (Phi) is 5.40. The van der Waals surface area contributed by atoms with Crippen molar-refractivity contribution in [1.29, 1.82) is 0 Å². The van der Waals surface area contributed by atoms with Crippen molar-refractivity contribution in [3.63, 3.8) is 0 Å². The lowest BCUT2D eigenvalue weighted by atomic mass is 10.1. The molecule has 26 heavy (non-hydrogen) atoms. The highest BCUT2D eigenvalue weighted by atomic mass is 32.2. The van der Waals surface area contributed by atoms with Crippen molar-refractivity contribution in [1.82, 2.24) is 4.31 Å². The van der Waals surface area contributed by atoms with E-state index < -0.39 is 10.0 Å². The van der Waals surface area contributed by atoms with Gasteiger partial charge in [0.25, 0.3) is 0 Å². The number of para-hydroxylation sites is 1. The molecule has 0 saturated carbocycles. The maximum Gasteiger partial charge on any atom is 0.242 e. The standard InChI is InChI=1S/C21H21NO3S/c1-22(2)26(23,24)19-12-8-9-17(15-19)16-25-21-14-7-6-13-20(21)18-10-4-3-5-11-18/h3-15H,16H2,1-2H3. The SMILES string of the molecule is CN(C)S(=O)(=O)c1cccc(COc2ccccc2-c2ccccc2)c1. The van der Waals surface area contributed by atoms with Gasteiger partial charge in [-0.1, -0.05) is 60.7 Å². The van der Waals surface area contributed by atoms with Crippen LogP contribution >= 0.6 is 0 Å². The summed E-state index contributed by atoms with van der Waals surface area (Å²) in [5.74, 6) is 0.763. The lowest BCUT2D eigenvalue weighted by molar-refractivity contribution is 0.307. The number of nitrogens with zero attached hydrogens (tertiary/aromatic N) is 1. The molecule has 0 aliphatic rings. The zero-order valence-electron chi connectivity index (χ0n) is 14.8. The molecule has 0 bridgehead atoms. The van der Waals surface area contributed by atoms with Gasteiger partial charge in [-0.15, -0.1) is 0 Å². The van der Waals surface area contributed by atoms with Gasteiger partial charge >= 0.3 is 0 Å². The summed E-state index contributed by atoms with van der Waals surface area (Å²) in [6.07, 6.45) is 0. The first-order valence-corrected chi connectivity index (χ1v) is 9.71. The van der Waals surface area contributed by atoms with E-state index in [-0.39, 0.29) is 4.90 Å². The molecule has 0 aliphatic heterocycles. The molecule has 0 aromatic heterocycles. The third-order valence-electron chi connectivity index (χ3n) is 4.04. The van der Waals surface area contributed by atoms with Crippen molar-refractivity contribution in [2.24, 2.45) is 0 Å². The van der Waals surface area contributed by atoms with Gasteiger partial charge in [-0.2, -0.15) is 0 Å². The van der Waals surface area contributed by atoms with E-state index in [4.69, 9.17) is 4.74 Å². The summed E-state index contributed by atoms with van der Waals surface area (Å²) in [6.45, 7) is 0.292. The fourth-order valence-corrected chi connectivity index (χ4v) is 3.59. The van der Waals surface area contributed by atoms with Crippen molar-refractivity contribution in [2.45, 2.75) is 11.5 Å². The quantitative estimate of drug-likeness (QED) is 0.656. The van der Waals surface area contributed by atoms with Crippen LogP contribution in [0.5, 0.6) is 5.75 Å². The smallest absolute Gasteiger partial charge is 0.242 e. The van der Waals surface area contributed by atoms with Crippen LogP contribution in [0, 0.1) is 0 Å². The molecule has 0 N–H and O–H groups in total. The van der Waals surface area contributed by atoms with E-state index in [2.05, 4.69) is 0 Å². The van der Waals surface area contributed by atoms with E-state index in [1.54, 1.807) is 18.2 Å². The molecular formula is C21H21NO3S. The number of rotatable bonds is 6. The van der Waals surface area contributed by atoms with Gasteiger partial charge in [0.05, 0.1) is 4.90 Å². The molecule has 0 fully saturated rings. The molecule has 0 heterocycles. The summed E-state index contributed by atoms with van der Waals surface area (Å²) >= 11 is 0. The lowest BCUT2D eigenvalue weighted by Gasteiger charge is -2.14. The van der Waals surface area contributed by atoms with Gasteiger partial charge in [-0.3, -0.25) is 0 Å². The number of hydrogen-bond donors (Lipinski definition) is 0. The highest BCUT2D eigenvalue weighted by Gasteiger charge is 2.17. The Morgan fingerprint density at radius 2 is 1.54 bits per heavy atom. The van der Waals surface area contributed by atoms with Gasteiger partial charge in [-0.05, 0) is 29.3 Å². The molecule has 4 nitrogen and oxygen atoms in total. The van der Waals surface area contributed by atoms with E-state index in [0.717, 1.165) is 22.4 Å². The molecule has 0 amide bonds. The van der Waals surface area contributed by atoms with E-state index >= 15 is 0 Å². The Labute approximate surface area is 154 Å². The molecule has 5 heteroatoms. The predicted octanol–water partition coefficient (Wildman–Crippen LogP) is 4.18. The Hall–Kier alpha value is -2.63. The van der Waals surface area contributed by atoms with Gasteiger partial charge in [0.15, 0.2) is 0 Å². The molecule has 134 valence electrons. The fraction of sp³-hybridized carbons (Fsp3) is 0.143. The molecule has 0 saturated heterocycles. The zero-order valence-corrected chi connectivity index (χ0v) is 15.6. The largest absolute Gasteiger partial charge is 0.488 e. The van der Waals surface area contributed by atoms with Gasteiger partial charge in [-0.25, -0.2) is 12.7 Å². The van der Waals surface area contributed by atoms with Crippen LogP contribution in [0.3, 0.4) is 0 Å². The first-order chi connectivity index (χ1) is 12.5. The fourth-order valence-electron chi connectivity index (χ4n) is 2.62. The Morgan fingerprint density at radius 1 is 0.846 bits per heavy atom. The summed E-state index contributed by atoms with van der Waals surface area (Å²) < 4.78 is 31.8. The number of hydrogen-bond acceptors (Lipinski definition) is 3. The maximum absolute atomic E-state index is 12.3. The van der Waals surface area contributed by atoms with Crippen LogP contribution in [-0.4, -0.2) is 26.8 Å². The Morgan fingerprint density at radius 3 is 2.27 bits per heavy atom. The summed E-state index contributed by atoms with van der Waals surface area (Å²) in [7, 11) is -0.411. The van der Waals surface area contributed by atoms with Crippen LogP contribution in [0.4, 0.5) is 0 Å². The molecule has 0 unspecified atom stereocenters. The minimum absolute atomic E-state index is 0.264. The van der Waals surface area contributed by atoms with Crippen LogP contribution in [0.2, 0.25) is 0 Å². The second-order valence-electron chi connectivity index (χ2n) is 6.09. The molecule has 0 radical (unpaired) electrons. The number of sulfonamides is 1. The van der Waals surface area contributed by atoms with E-state index in [1.807, 2.05) is 60.7 Å². The average molecular weight is 367 g/mol. The first kappa shape index (κ1) is 18.2. The summed E-state index contributed by atoms with van der Waals surface area (Å²) in [5, 5.41) is 0. The van der Waals surface area contributed by atoms with E-state index in [9.17, 15) is 8.42 Å². The van der Waals surface area contributed by atoms with Gasteiger partial charge in [0.2, 0.25) is 10.0 Å². The number of benzene rings is 3. The molecule has 3 aromatic rings. The van der Waals surface area contributed by atoms with Crippen molar-refractivity contribution in [3.05, 3.63) is 84.4 Å². The average Bonchev–Trinajstić information content (AvgIpc) is 2.67. The van der Waals surface area contributed by atoms with Crippen molar-refractivity contribution in [2.75, 3.05) is 14.1 Å². The van der Waals surface area contributed by atoms with Gasteiger partial charge < -0.3 is 4.74 Å². The second-order valence-corrected chi connectivity index (χ2v) is 8.24. The van der Waals surface area contributed by atoms with Gasteiger partial charge in [0.1, 0.15) is 12.4 Å². The lowest BCUT2D eigenvalue weighted by Crippen LogP contribution is -2.22. The van der Waals surface area contributed by atoms with Crippen molar-refractivity contribution >= 4 is 10.0 Å². The van der Waals surface area contributed by atoms with E-state index in [1.165, 1.54) is 18.4 Å². The molecule has 0 spiro atoms. The first-order valence-electron chi connectivity index (χ1n) is 8.27. The van der Waals surface area contributed by atoms with Gasteiger partial charge in [0, 0.05) is 19.7 Å². The highest BCUT2D eigenvalue weighted by Crippen LogP contribution is 2.30. The highest BCUT2D eigenvalue weighted by molar-refractivity contribution is 7.89. The minimum atomic E-state index is -3.46. The van der Waals surface area contributed by atoms with Crippen LogP contribution in [-0.2, 0) is 16.6 Å². The van der Waals surface area contributed by atoms with Crippen LogP contribution in [0.15, 0.2) is 83.8 Å². The van der Waals surface area contributed by atoms with E-state index in [0.29, 0.717) is 6.61 Å². The molecule has 3 aromatic carbocycles. The van der Waals surface area contributed by atoms with Crippen LogP contribution in [0.25, 0.3) is 11.1 Å².